The van der Waals surface area contributed by atoms with Crippen molar-refractivity contribution < 1.29 is 14.6 Å². The molecule has 0 saturated carbocycles. The molecular formula is C10H13BrO3. The van der Waals surface area contributed by atoms with Gasteiger partial charge in [-0.3, -0.25) is 0 Å². The van der Waals surface area contributed by atoms with Crippen LogP contribution in [0.3, 0.4) is 0 Å². The van der Waals surface area contributed by atoms with E-state index in [1.165, 1.54) is 0 Å². The molecule has 0 amide bonds. The van der Waals surface area contributed by atoms with Crippen LogP contribution in [0.2, 0.25) is 0 Å². The number of methoxy groups -OCH3 is 2. The third-order valence-electron chi connectivity index (χ3n) is 1.95. The van der Waals surface area contributed by atoms with Crippen molar-refractivity contribution in [1.82, 2.24) is 0 Å². The molecule has 1 aromatic rings. The van der Waals surface area contributed by atoms with Crippen LogP contribution >= 0.6 is 15.9 Å². The molecule has 1 unspecified atom stereocenters. The largest absolute Gasteiger partial charge is 0.496 e. The Morgan fingerprint density at radius 2 is 1.79 bits per heavy atom. The first-order valence-corrected chi connectivity index (χ1v) is 5.31. The van der Waals surface area contributed by atoms with Crippen molar-refractivity contribution in [2.45, 2.75) is 6.10 Å². The molecule has 1 N–H and O–H groups in total. The van der Waals surface area contributed by atoms with E-state index in [4.69, 9.17) is 9.47 Å². The van der Waals surface area contributed by atoms with E-state index in [9.17, 15) is 5.11 Å². The SMILES string of the molecule is COc1cccc(OC)c1C(O)CBr. The monoisotopic (exact) mass is 260 g/mol. The van der Waals surface area contributed by atoms with Crippen LogP contribution < -0.4 is 9.47 Å². The maximum absolute atomic E-state index is 9.75. The number of benzene rings is 1. The average Bonchev–Trinajstić information content (AvgIpc) is 2.26. The van der Waals surface area contributed by atoms with Crippen LogP contribution in [0.25, 0.3) is 0 Å². The highest BCUT2D eigenvalue weighted by Crippen LogP contribution is 2.34. The lowest BCUT2D eigenvalue weighted by atomic mass is 10.1. The molecule has 0 spiro atoms. The fourth-order valence-electron chi connectivity index (χ4n) is 1.29. The van der Waals surface area contributed by atoms with Gasteiger partial charge in [0.15, 0.2) is 0 Å². The smallest absolute Gasteiger partial charge is 0.128 e. The molecule has 0 aliphatic rings. The summed E-state index contributed by atoms with van der Waals surface area (Å²) in [6.45, 7) is 0. The summed E-state index contributed by atoms with van der Waals surface area (Å²) in [5.41, 5.74) is 0.675. The standard InChI is InChI=1S/C10H13BrO3/c1-13-8-4-3-5-9(14-2)10(8)7(12)6-11/h3-5,7,12H,6H2,1-2H3. The van der Waals surface area contributed by atoms with Crippen molar-refractivity contribution in [2.75, 3.05) is 19.5 Å². The number of aliphatic hydroxyl groups is 1. The lowest BCUT2D eigenvalue weighted by molar-refractivity contribution is 0.195. The van der Waals surface area contributed by atoms with Crippen LogP contribution in [-0.4, -0.2) is 24.7 Å². The molecule has 1 rings (SSSR count). The molecule has 4 heteroatoms. The van der Waals surface area contributed by atoms with E-state index in [2.05, 4.69) is 15.9 Å². The van der Waals surface area contributed by atoms with Crippen molar-refractivity contribution in [3.63, 3.8) is 0 Å². The molecule has 3 nitrogen and oxygen atoms in total. The first-order valence-electron chi connectivity index (χ1n) is 4.19. The average molecular weight is 261 g/mol. The van der Waals surface area contributed by atoms with Gasteiger partial charge in [-0.1, -0.05) is 22.0 Å². The number of halogens is 1. The lowest BCUT2D eigenvalue weighted by Gasteiger charge is -2.15. The van der Waals surface area contributed by atoms with Crippen molar-refractivity contribution in [1.29, 1.82) is 0 Å². The lowest BCUT2D eigenvalue weighted by Crippen LogP contribution is -2.04. The molecule has 0 aliphatic carbocycles. The van der Waals surface area contributed by atoms with Gasteiger partial charge in [-0.25, -0.2) is 0 Å². The Morgan fingerprint density at radius 3 is 2.14 bits per heavy atom. The van der Waals surface area contributed by atoms with Gasteiger partial charge in [-0.05, 0) is 12.1 Å². The summed E-state index contributed by atoms with van der Waals surface area (Å²) in [6.07, 6.45) is -0.624. The highest BCUT2D eigenvalue weighted by atomic mass is 79.9. The van der Waals surface area contributed by atoms with Gasteiger partial charge in [-0.2, -0.15) is 0 Å². The molecule has 14 heavy (non-hydrogen) atoms. The second-order valence-corrected chi connectivity index (χ2v) is 3.39. The Morgan fingerprint density at radius 1 is 1.29 bits per heavy atom. The summed E-state index contributed by atoms with van der Waals surface area (Å²) in [5.74, 6) is 1.27. The van der Waals surface area contributed by atoms with Crippen LogP contribution in [0, 0.1) is 0 Å². The number of hydrogen-bond acceptors (Lipinski definition) is 3. The Hall–Kier alpha value is -0.740. The summed E-state index contributed by atoms with van der Waals surface area (Å²) in [5, 5.41) is 10.2. The Balaban J connectivity index is 3.18. The molecule has 0 aromatic heterocycles. The van der Waals surface area contributed by atoms with E-state index in [-0.39, 0.29) is 0 Å². The Kier molecular flexibility index (Phi) is 4.22. The van der Waals surface area contributed by atoms with E-state index in [1.54, 1.807) is 26.4 Å². The first-order chi connectivity index (χ1) is 6.74. The Labute approximate surface area is 91.8 Å². The highest BCUT2D eigenvalue weighted by Gasteiger charge is 2.17. The van der Waals surface area contributed by atoms with E-state index < -0.39 is 6.10 Å². The second kappa shape index (κ2) is 5.22. The minimum atomic E-state index is -0.624. The molecule has 1 atom stereocenters. The van der Waals surface area contributed by atoms with Crippen LogP contribution in [0.1, 0.15) is 11.7 Å². The minimum absolute atomic E-state index is 0.448. The predicted octanol–water partition coefficient (Wildman–Crippen LogP) is 2.13. The maximum atomic E-state index is 9.75. The molecule has 78 valence electrons. The number of aliphatic hydroxyl groups excluding tert-OH is 1. The van der Waals surface area contributed by atoms with E-state index in [1.807, 2.05) is 6.07 Å². The molecule has 0 fully saturated rings. The second-order valence-electron chi connectivity index (χ2n) is 2.75. The number of rotatable bonds is 4. The molecule has 0 bridgehead atoms. The zero-order chi connectivity index (χ0) is 10.6. The van der Waals surface area contributed by atoms with Gasteiger partial charge in [0.2, 0.25) is 0 Å². The zero-order valence-electron chi connectivity index (χ0n) is 8.16. The van der Waals surface area contributed by atoms with Gasteiger partial charge in [0.05, 0.1) is 25.9 Å². The summed E-state index contributed by atoms with van der Waals surface area (Å²) in [6, 6.07) is 5.41. The maximum Gasteiger partial charge on any atom is 0.128 e. The van der Waals surface area contributed by atoms with Gasteiger partial charge in [0.25, 0.3) is 0 Å². The van der Waals surface area contributed by atoms with Gasteiger partial charge < -0.3 is 14.6 Å². The predicted molar refractivity (Wildman–Crippen MR) is 58.3 cm³/mol. The summed E-state index contributed by atoms with van der Waals surface area (Å²) in [7, 11) is 3.14. The molecule has 1 aromatic carbocycles. The van der Waals surface area contributed by atoms with Gasteiger partial charge in [0.1, 0.15) is 11.5 Å². The van der Waals surface area contributed by atoms with Crippen molar-refractivity contribution in [3.8, 4) is 11.5 Å². The third-order valence-corrected chi connectivity index (χ3v) is 2.56. The zero-order valence-corrected chi connectivity index (χ0v) is 9.74. The molecule has 0 radical (unpaired) electrons. The summed E-state index contributed by atoms with van der Waals surface area (Å²) < 4.78 is 10.3. The topological polar surface area (TPSA) is 38.7 Å². The van der Waals surface area contributed by atoms with Crippen molar-refractivity contribution >= 4 is 15.9 Å². The third kappa shape index (κ3) is 2.19. The Bertz CT molecular complexity index is 279. The van der Waals surface area contributed by atoms with Crippen LogP contribution in [-0.2, 0) is 0 Å². The van der Waals surface area contributed by atoms with Crippen LogP contribution in [0.4, 0.5) is 0 Å². The van der Waals surface area contributed by atoms with E-state index in [0.717, 1.165) is 0 Å². The summed E-state index contributed by atoms with van der Waals surface area (Å²) in [4.78, 5) is 0. The normalized spacial score (nSPS) is 12.3. The number of ether oxygens (including phenoxy) is 2. The quantitative estimate of drug-likeness (QED) is 0.844. The van der Waals surface area contributed by atoms with E-state index in [0.29, 0.717) is 22.4 Å². The van der Waals surface area contributed by atoms with Crippen molar-refractivity contribution in [2.24, 2.45) is 0 Å². The van der Waals surface area contributed by atoms with Gasteiger partial charge in [-0.15, -0.1) is 0 Å². The highest BCUT2D eigenvalue weighted by molar-refractivity contribution is 9.09. The molecule has 0 heterocycles. The van der Waals surface area contributed by atoms with Gasteiger partial charge >= 0.3 is 0 Å². The van der Waals surface area contributed by atoms with Gasteiger partial charge in [0, 0.05) is 5.33 Å². The number of alkyl halides is 1. The van der Waals surface area contributed by atoms with Crippen LogP contribution in [0.15, 0.2) is 18.2 Å². The number of hydrogen-bond donors (Lipinski definition) is 1. The molecule has 0 aliphatic heterocycles. The minimum Gasteiger partial charge on any atom is -0.496 e. The van der Waals surface area contributed by atoms with Crippen molar-refractivity contribution in [3.05, 3.63) is 23.8 Å². The fraction of sp³-hybridized carbons (Fsp3) is 0.400. The molecule has 0 saturated heterocycles. The van der Waals surface area contributed by atoms with Crippen LogP contribution in [0.5, 0.6) is 11.5 Å². The molecular weight excluding hydrogens is 248 g/mol. The first kappa shape index (κ1) is 11.3. The van der Waals surface area contributed by atoms with E-state index >= 15 is 0 Å². The fourth-order valence-corrected chi connectivity index (χ4v) is 1.61. The summed E-state index contributed by atoms with van der Waals surface area (Å²) >= 11 is 3.22.